The van der Waals surface area contributed by atoms with Crippen LogP contribution in [0.25, 0.3) is 0 Å². The van der Waals surface area contributed by atoms with Gasteiger partial charge in [0.1, 0.15) is 0 Å². The lowest BCUT2D eigenvalue weighted by Crippen LogP contribution is -2.41. The Balaban J connectivity index is 2.33. The molecule has 1 rings (SSSR count). The van der Waals surface area contributed by atoms with Crippen LogP contribution in [0.2, 0.25) is 0 Å². The molecule has 114 valence electrons. The molecule has 0 aromatic carbocycles. The zero-order chi connectivity index (χ0) is 14.4. The van der Waals surface area contributed by atoms with Crippen molar-refractivity contribution in [2.24, 2.45) is 5.41 Å². The molecule has 0 spiro atoms. The maximum absolute atomic E-state index is 12.0. The fourth-order valence-electron chi connectivity index (χ4n) is 1.96. The first-order chi connectivity index (χ1) is 8.96. The van der Waals surface area contributed by atoms with Gasteiger partial charge in [0.25, 0.3) is 10.2 Å². The highest BCUT2D eigenvalue weighted by atomic mass is 32.2. The van der Waals surface area contributed by atoms with Crippen LogP contribution < -0.4 is 10.0 Å². The average Bonchev–Trinajstić information content (AvgIpc) is 3.15. The lowest BCUT2D eigenvalue weighted by atomic mass is 10.0. The predicted molar refractivity (Wildman–Crippen MR) is 76.3 cm³/mol. The van der Waals surface area contributed by atoms with Gasteiger partial charge in [0, 0.05) is 33.9 Å². The third-order valence-electron chi connectivity index (χ3n) is 3.73. The minimum absolute atomic E-state index is 0.134. The van der Waals surface area contributed by atoms with Crippen LogP contribution in [0.4, 0.5) is 0 Å². The lowest BCUT2D eigenvalue weighted by Gasteiger charge is -2.20. The van der Waals surface area contributed by atoms with Crippen molar-refractivity contribution in [1.29, 1.82) is 0 Å². The molecule has 1 saturated carbocycles. The largest absolute Gasteiger partial charge is 0.385 e. The van der Waals surface area contributed by atoms with Crippen LogP contribution in [-0.4, -0.2) is 60.2 Å². The molecule has 7 heteroatoms. The molecule has 2 N–H and O–H groups in total. The average molecular weight is 293 g/mol. The first kappa shape index (κ1) is 16.8. The third kappa shape index (κ3) is 5.74. The van der Waals surface area contributed by atoms with E-state index in [2.05, 4.69) is 10.0 Å². The van der Waals surface area contributed by atoms with Gasteiger partial charge in [-0.05, 0) is 44.7 Å². The molecule has 0 unspecified atom stereocenters. The Hall–Kier alpha value is -0.210. The van der Waals surface area contributed by atoms with Crippen LogP contribution in [0.5, 0.6) is 0 Å². The van der Waals surface area contributed by atoms with E-state index >= 15 is 0 Å². The van der Waals surface area contributed by atoms with E-state index in [4.69, 9.17) is 4.74 Å². The van der Waals surface area contributed by atoms with Gasteiger partial charge < -0.3 is 10.1 Å². The molecular weight excluding hydrogens is 266 g/mol. The number of methoxy groups -OCH3 is 1. The van der Waals surface area contributed by atoms with E-state index in [9.17, 15) is 8.42 Å². The van der Waals surface area contributed by atoms with Crippen molar-refractivity contribution >= 4 is 10.2 Å². The molecule has 0 radical (unpaired) electrons. The van der Waals surface area contributed by atoms with Gasteiger partial charge in [0.05, 0.1) is 0 Å². The minimum Gasteiger partial charge on any atom is -0.385 e. The number of nitrogens with one attached hydrogen (secondary N) is 2. The molecular formula is C12H27N3O3S. The van der Waals surface area contributed by atoms with E-state index in [1.807, 2.05) is 7.05 Å². The van der Waals surface area contributed by atoms with E-state index in [-0.39, 0.29) is 5.41 Å². The van der Waals surface area contributed by atoms with Crippen LogP contribution in [0.1, 0.15) is 25.7 Å². The fraction of sp³-hybridized carbons (Fsp3) is 1.00. The fourth-order valence-corrected chi connectivity index (χ4v) is 3.04. The highest BCUT2D eigenvalue weighted by Crippen LogP contribution is 2.48. The number of hydrogen-bond acceptors (Lipinski definition) is 4. The Kier molecular flexibility index (Phi) is 6.68. The maximum atomic E-state index is 12.0. The summed E-state index contributed by atoms with van der Waals surface area (Å²) >= 11 is 0. The van der Waals surface area contributed by atoms with Gasteiger partial charge in [0.2, 0.25) is 0 Å². The number of rotatable bonds is 11. The molecule has 0 bridgehead atoms. The van der Waals surface area contributed by atoms with Crippen molar-refractivity contribution in [3.8, 4) is 0 Å². The molecule has 0 aliphatic heterocycles. The van der Waals surface area contributed by atoms with E-state index < -0.39 is 10.2 Å². The Labute approximate surface area is 117 Å². The molecule has 0 aromatic rings. The molecule has 0 saturated heterocycles. The smallest absolute Gasteiger partial charge is 0.279 e. The Morgan fingerprint density at radius 3 is 2.58 bits per heavy atom. The van der Waals surface area contributed by atoms with Crippen LogP contribution in [0.3, 0.4) is 0 Å². The van der Waals surface area contributed by atoms with Crippen molar-refractivity contribution in [2.75, 3.05) is 47.4 Å². The van der Waals surface area contributed by atoms with Crippen LogP contribution in [0.15, 0.2) is 0 Å². The highest BCUT2D eigenvalue weighted by molar-refractivity contribution is 7.87. The molecule has 1 aliphatic carbocycles. The molecule has 0 aromatic heterocycles. The number of hydrogen-bond donors (Lipinski definition) is 2. The van der Waals surface area contributed by atoms with Crippen molar-refractivity contribution in [3.63, 3.8) is 0 Å². The van der Waals surface area contributed by atoms with Crippen molar-refractivity contribution in [3.05, 3.63) is 0 Å². The van der Waals surface area contributed by atoms with E-state index in [1.54, 1.807) is 14.2 Å². The van der Waals surface area contributed by atoms with Gasteiger partial charge in [-0.25, -0.2) is 4.72 Å². The summed E-state index contributed by atoms with van der Waals surface area (Å²) in [7, 11) is 1.81. The third-order valence-corrected chi connectivity index (χ3v) is 5.25. The Morgan fingerprint density at radius 1 is 1.37 bits per heavy atom. The van der Waals surface area contributed by atoms with Gasteiger partial charge in [-0.3, -0.25) is 0 Å². The predicted octanol–water partition coefficient (Wildman–Crippen LogP) is 0.179. The number of nitrogens with zero attached hydrogens (tertiary/aromatic N) is 1. The van der Waals surface area contributed by atoms with Crippen molar-refractivity contribution in [1.82, 2.24) is 14.3 Å². The maximum Gasteiger partial charge on any atom is 0.279 e. The molecule has 0 amide bonds. The van der Waals surface area contributed by atoms with E-state index in [1.165, 1.54) is 4.31 Å². The van der Waals surface area contributed by atoms with Gasteiger partial charge in [-0.15, -0.1) is 0 Å². The zero-order valence-electron chi connectivity index (χ0n) is 12.2. The highest BCUT2D eigenvalue weighted by Gasteiger charge is 2.42. The Morgan fingerprint density at radius 2 is 2.05 bits per heavy atom. The molecule has 1 aliphatic rings. The van der Waals surface area contributed by atoms with E-state index in [0.717, 1.165) is 32.2 Å². The van der Waals surface area contributed by atoms with Gasteiger partial charge >= 0.3 is 0 Å². The van der Waals surface area contributed by atoms with Gasteiger partial charge in [-0.1, -0.05) is 0 Å². The summed E-state index contributed by atoms with van der Waals surface area (Å²) in [4.78, 5) is 0. The van der Waals surface area contributed by atoms with E-state index in [0.29, 0.717) is 19.7 Å². The summed E-state index contributed by atoms with van der Waals surface area (Å²) < 4.78 is 33.2. The van der Waals surface area contributed by atoms with Gasteiger partial charge in [0.15, 0.2) is 0 Å². The van der Waals surface area contributed by atoms with Crippen LogP contribution in [0, 0.1) is 5.41 Å². The summed E-state index contributed by atoms with van der Waals surface area (Å²) in [5.41, 5.74) is 0.134. The SMILES string of the molecule is CNCCCN(C)S(=O)(=O)NCC1(CCOC)CC1. The summed E-state index contributed by atoms with van der Waals surface area (Å²) in [5, 5.41) is 3.01. The first-order valence-electron chi connectivity index (χ1n) is 6.80. The Bertz CT molecular complexity index is 355. The second kappa shape index (κ2) is 7.54. The summed E-state index contributed by atoms with van der Waals surface area (Å²) in [6.45, 7) is 2.56. The summed E-state index contributed by atoms with van der Waals surface area (Å²) in [6, 6.07) is 0. The second-order valence-corrected chi connectivity index (χ2v) is 7.21. The van der Waals surface area contributed by atoms with Crippen molar-refractivity contribution in [2.45, 2.75) is 25.7 Å². The van der Waals surface area contributed by atoms with Gasteiger partial charge in [-0.2, -0.15) is 12.7 Å². The first-order valence-corrected chi connectivity index (χ1v) is 8.24. The summed E-state index contributed by atoms with van der Waals surface area (Å²) in [6.07, 6.45) is 3.91. The minimum atomic E-state index is -3.34. The van der Waals surface area contributed by atoms with Crippen LogP contribution in [-0.2, 0) is 14.9 Å². The molecule has 19 heavy (non-hydrogen) atoms. The quantitative estimate of drug-likeness (QED) is 0.533. The topological polar surface area (TPSA) is 70.7 Å². The standard InChI is InChI=1S/C12H27N3O3S/c1-13-8-4-9-15(2)19(16,17)14-11-12(5-6-12)7-10-18-3/h13-14H,4-11H2,1-3H3. The monoisotopic (exact) mass is 293 g/mol. The second-order valence-electron chi connectivity index (χ2n) is 5.35. The molecule has 6 nitrogen and oxygen atoms in total. The molecule has 0 atom stereocenters. The van der Waals surface area contributed by atoms with Crippen LogP contribution >= 0.6 is 0 Å². The molecule has 1 fully saturated rings. The zero-order valence-corrected chi connectivity index (χ0v) is 13.1. The summed E-state index contributed by atoms with van der Waals surface area (Å²) in [5.74, 6) is 0. The molecule has 0 heterocycles. The normalized spacial score (nSPS) is 17.9. The lowest BCUT2D eigenvalue weighted by molar-refractivity contribution is 0.172. The number of ether oxygens (including phenoxy) is 1. The van der Waals surface area contributed by atoms with Crippen molar-refractivity contribution < 1.29 is 13.2 Å².